The van der Waals surface area contributed by atoms with Gasteiger partial charge < -0.3 is 10.2 Å². The van der Waals surface area contributed by atoms with E-state index in [9.17, 15) is 10.1 Å². The summed E-state index contributed by atoms with van der Waals surface area (Å²) < 4.78 is 0. The molecule has 3 aliphatic rings. The molecule has 2 atom stereocenters. The van der Waals surface area contributed by atoms with E-state index >= 15 is 0 Å². The summed E-state index contributed by atoms with van der Waals surface area (Å²) in [4.78, 5) is 14.7. The third kappa shape index (κ3) is 1.56. The zero-order valence-electron chi connectivity index (χ0n) is 10.1. The van der Waals surface area contributed by atoms with E-state index in [0.29, 0.717) is 12.1 Å². The van der Waals surface area contributed by atoms with Crippen molar-refractivity contribution in [3.05, 3.63) is 0 Å². The van der Waals surface area contributed by atoms with Crippen molar-refractivity contribution >= 4 is 5.91 Å². The van der Waals surface area contributed by atoms with Crippen LogP contribution < -0.4 is 5.32 Å². The van der Waals surface area contributed by atoms with Gasteiger partial charge in [0.15, 0.2) is 0 Å². The van der Waals surface area contributed by atoms with Gasteiger partial charge in [0.1, 0.15) is 5.41 Å². The number of amides is 1. The van der Waals surface area contributed by atoms with E-state index in [1.54, 1.807) is 0 Å². The number of fused-ring (bicyclic) bond motifs is 2. The van der Waals surface area contributed by atoms with Crippen LogP contribution >= 0.6 is 0 Å². The molecule has 92 valence electrons. The number of piperazine rings is 1. The third-order valence-corrected chi connectivity index (χ3v) is 4.69. The topological polar surface area (TPSA) is 56.1 Å². The number of nitrogens with one attached hydrogen (secondary N) is 1. The van der Waals surface area contributed by atoms with Crippen LogP contribution in [0.1, 0.15) is 38.5 Å². The normalized spacial score (nSPS) is 34.6. The van der Waals surface area contributed by atoms with Crippen LogP contribution in [0, 0.1) is 16.7 Å². The summed E-state index contributed by atoms with van der Waals surface area (Å²) in [7, 11) is 0. The Hall–Kier alpha value is -1.08. The van der Waals surface area contributed by atoms with E-state index in [2.05, 4.69) is 11.4 Å². The Kier molecular flexibility index (Phi) is 2.59. The highest BCUT2D eigenvalue weighted by atomic mass is 16.2. The molecule has 0 aromatic carbocycles. The molecule has 1 saturated carbocycles. The lowest BCUT2D eigenvalue weighted by atomic mass is 9.85. The standard InChI is InChI=1S/C13H19N3O/c14-9-13(5-1-2-6-13)12(17)16-10-3-4-11(16)8-15-7-10/h10-11,15H,1-8H2. The van der Waals surface area contributed by atoms with Gasteiger partial charge >= 0.3 is 0 Å². The molecule has 2 bridgehead atoms. The van der Waals surface area contributed by atoms with Crippen molar-refractivity contribution in [1.82, 2.24) is 10.2 Å². The van der Waals surface area contributed by atoms with Gasteiger partial charge in [-0.1, -0.05) is 12.8 Å². The van der Waals surface area contributed by atoms with Crippen LogP contribution in [0.5, 0.6) is 0 Å². The maximum atomic E-state index is 12.7. The summed E-state index contributed by atoms with van der Waals surface area (Å²) in [6.45, 7) is 1.81. The van der Waals surface area contributed by atoms with Gasteiger partial charge in [0.05, 0.1) is 6.07 Å². The number of hydrogen-bond acceptors (Lipinski definition) is 3. The second-order valence-electron chi connectivity index (χ2n) is 5.66. The molecule has 1 aliphatic carbocycles. The van der Waals surface area contributed by atoms with Crippen LogP contribution in [0.25, 0.3) is 0 Å². The van der Waals surface area contributed by atoms with Crippen molar-refractivity contribution in [1.29, 1.82) is 5.26 Å². The number of nitriles is 1. The van der Waals surface area contributed by atoms with Crippen LogP contribution in [0.2, 0.25) is 0 Å². The predicted molar refractivity (Wildman–Crippen MR) is 63.0 cm³/mol. The molecular weight excluding hydrogens is 214 g/mol. The van der Waals surface area contributed by atoms with Gasteiger partial charge in [0.25, 0.3) is 0 Å². The molecule has 0 aromatic rings. The van der Waals surface area contributed by atoms with E-state index in [0.717, 1.165) is 51.6 Å². The number of rotatable bonds is 1. The molecule has 0 aromatic heterocycles. The maximum Gasteiger partial charge on any atom is 0.243 e. The highest BCUT2D eigenvalue weighted by molar-refractivity contribution is 5.86. The monoisotopic (exact) mass is 233 g/mol. The van der Waals surface area contributed by atoms with Crippen molar-refractivity contribution in [2.24, 2.45) is 5.41 Å². The fourth-order valence-electron chi connectivity index (χ4n) is 3.71. The first-order valence-electron chi connectivity index (χ1n) is 6.71. The van der Waals surface area contributed by atoms with Gasteiger partial charge in [-0.3, -0.25) is 4.79 Å². The highest BCUT2D eigenvalue weighted by Gasteiger charge is 2.49. The molecule has 2 heterocycles. The van der Waals surface area contributed by atoms with Gasteiger partial charge in [0.2, 0.25) is 5.91 Å². The Morgan fingerprint density at radius 2 is 1.82 bits per heavy atom. The summed E-state index contributed by atoms with van der Waals surface area (Å²) >= 11 is 0. The number of carbonyl (C=O) groups is 1. The number of carbonyl (C=O) groups excluding carboxylic acids is 1. The fourth-order valence-corrected chi connectivity index (χ4v) is 3.71. The molecule has 4 heteroatoms. The first-order chi connectivity index (χ1) is 8.27. The zero-order valence-corrected chi connectivity index (χ0v) is 10.1. The SMILES string of the molecule is N#CC1(C(=O)N2C3CCC2CNC3)CCCC1. The average Bonchev–Trinajstić information content (AvgIpc) is 2.93. The van der Waals surface area contributed by atoms with Crippen molar-refractivity contribution in [2.45, 2.75) is 50.6 Å². The summed E-state index contributed by atoms with van der Waals surface area (Å²) in [5, 5.41) is 12.8. The molecule has 4 nitrogen and oxygen atoms in total. The molecule has 2 unspecified atom stereocenters. The van der Waals surface area contributed by atoms with Gasteiger partial charge in [-0.15, -0.1) is 0 Å². The van der Waals surface area contributed by atoms with E-state index < -0.39 is 5.41 Å². The first-order valence-corrected chi connectivity index (χ1v) is 6.71. The number of nitrogens with zero attached hydrogens (tertiary/aromatic N) is 2. The minimum Gasteiger partial charge on any atom is -0.333 e. The predicted octanol–water partition coefficient (Wildman–Crippen LogP) is 1.03. The Morgan fingerprint density at radius 1 is 1.24 bits per heavy atom. The summed E-state index contributed by atoms with van der Waals surface area (Å²) in [6.07, 6.45) is 5.80. The Labute approximate surface area is 102 Å². The molecule has 17 heavy (non-hydrogen) atoms. The zero-order chi connectivity index (χ0) is 11.9. The second kappa shape index (κ2) is 3.99. The molecule has 2 saturated heterocycles. The highest BCUT2D eigenvalue weighted by Crippen LogP contribution is 2.42. The van der Waals surface area contributed by atoms with Crippen LogP contribution in [0.15, 0.2) is 0 Å². The van der Waals surface area contributed by atoms with Crippen LogP contribution in [-0.4, -0.2) is 36.0 Å². The van der Waals surface area contributed by atoms with Crippen molar-refractivity contribution < 1.29 is 4.79 Å². The summed E-state index contributed by atoms with van der Waals surface area (Å²) in [6, 6.07) is 3.01. The lowest BCUT2D eigenvalue weighted by Gasteiger charge is -2.39. The van der Waals surface area contributed by atoms with Crippen molar-refractivity contribution in [3.8, 4) is 6.07 Å². The smallest absolute Gasteiger partial charge is 0.243 e. The quantitative estimate of drug-likeness (QED) is 0.736. The fraction of sp³-hybridized carbons (Fsp3) is 0.846. The van der Waals surface area contributed by atoms with Gasteiger partial charge in [-0.05, 0) is 25.7 Å². The van der Waals surface area contributed by atoms with E-state index in [1.165, 1.54) is 0 Å². The lowest BCUT2D eigenvalue weighted by Crippen LogP contribution is -2.57. The van der Waals surface area contributed by atoms with Gasteiger partial charge in [-0.25, -0.2) is 0 Å². The van der Waals surface area contributed by atoms with Crippen LogP contribution in [0.4, 0.5) is 0 Å². The molecule has 1 amide bonds. The van der Waals surface area contributed by atoms with Crippen molar-refractivity contribution in [2.75, 3.05) is 13.1 Å². The van der Waals surface area contributed by atoms with Gasteiger partial charge in [0, 0.05) is 25.2 Å². The third-order valence-electron chi connectivity index (χ3n) is 4.69. The maximum absolute atomic E-state index is 12.7. The van der Waals surface area contributed by atoms with Crippen LogP contribution in [0.3, 0.4) is 0 Å². The summed E-state index contributed by atoms with van der Waals surface area (Å²) in [5.74, 6) is 0.131. The molecule has 2 aliphatic heterocycles. The van der Waals surface area contributed by atoms with Crippen molar-refractivity contribution in [3.63, 3.8) is 0 Å². The minimum absolute atomic E-state index is 0.131. The molecular formula is C13H19N3O. The first kappa shape index (κ1) is 11.0. The van der Waals surface area contributed by atoms with E-state index in [1.807, 2.05) is 4.90 Å². The van der Waals surface area contributed by atoms with E-state index in [4.69, 9.17) is 0 Å². The molecule has 3 rings (SSSR count). The Morgan fingerprint density at radius 3 is 2.35 bits per heavy atom. The summed E-state index contributed by atoms with van der Waals surface area (Å²) in [5.41, 5.74) is -0.682. The Bertz CT molecular complexity index is 351. The van der Waals surface area contributed by atoms with Gasteiger partial charge in [-0.2, -0.15) is 5.26 Å². The molecule has 0 spiro atoms. The van der Waals surface area contributed by atoms with E-state index in [-0.39, 0.29) is 5.91 Å². The number of hydrogen-bond donors (Lipinski definition) is 1. The lowest BCUT2D eigenvalue weighted by molar-refractivity contribution is -0.142. The molecule has 1 N–H and O–H groups in total. The van der Waals surface area contributed by atoms with Crippen LogP contribution in [-0.2, 0) is 4.79 Å². The Balaban J connectivity index is 1.85. The molecule has 0 radical (unpaired) electrons. The molecule has 3 fully saturated rings. The largest absolute Gasteiger partial charge is 0.333 e. The second-order valence-corrected chi connectivity index (χ2v) is 5.66. The average molecular weight is 233 g/mol. The minimum atomic E-state index is -0.682.